The van der Waals surface area contributed by atoms with Gasteiger partial charge in [0, 0.05) is 12.5 Å². The Balaban J connectivity index is 2.55. The predicted octanol–water partition coefficient (Wildman–Crippen LogP) is 2.36. The predicted molar refractivity (Wildman–Crippen MR) is 62.5 cm³/mol. The lowest BCUT2D eigenvalue weighted by molar-refractivity contribution is 0.0701. The van der Waals surface area contributed by atoms with E-state index in [2.05, 4.69) is 32.9 Å². The Morgan fingerprint density at radius 1 is 1.27 bits per heavy atom. The van der Waals surface area contributed by atoms with Crippen LogP contribution in [0.3, 0.4) is 0 Å². The topological polar surface area (TPSA) is 40.5 Å². The lowest BCUT2D eigenvalue weighted by Gasteiger charge is -2.35. The summed E-state index contributed by atoms with van der Waals surface area (Å²) in [7, 11) is 0. The highest BCUT2D eigenvalue weighted by molar-refractivity contribution is 5.04. The molecule has 1 unspecified atom stereocenters. The molecule has 1 aliphatic carbocycles. The van der Waals surface area contributed by atoms with Gasteiger partial charge in [0.05, 0.1) is 6.10 Å². The lowest BCUT2D eigenvalue weighted by Crippen LogP contribution is -2.31. The van der Waals surface area contributed by atoms with Crippen molar-refractivity contribution in [2.24, 2.45) is 17.3 Å². The summed E-state index contributed by atoms with van der Waals surface area (Å²) >= 11 is 0. The van der Waals surface area contributed by atoms with Crippen LogP contribution >= 0.6 is 0 Å². The van der Waals surface area contributed by atoms with Gasteiger partial charge in [-0.3, -0.25) is 0 Å². The Morgan fingerprint density at radius 3 is 2.40 bits per heavy atom. The fourth-order valence-corrected chi connectivity index (χ4v) is 2.18. The Kier molecular flexibility index (Phi) is 4.35. The summed E-state index contributed by atoms with van der Waals surface area (Å²) in [5.74, 6) is 0.716. The highest BCUT2D eigenvalue weighted by atomic mass is 16.3. The normalized spacial score (nSPS) is 31.9. The molecule has 0 saturated heterocycles. The molecule has 0 aromatic heterocycles. The number of hydrogen-bond donors (Lipinski definition) is 2. The second-order valence-corrected chi connectivity index (χ2v) is 5.69. The number of hydrogen-bond acceptors (Lipinski definition) is 2. The quantitative estimate of drug-likeness (QED) is 0.705. The Labute approximate surface area is 93.0 Å². The van der Waals surface area contributed by atoms with E-state index in [1.165, 1.54) is 0 Å². The molecule has 0 aliphatic heterocycles. The smallest absolute Gasteiger partial charge is 0.0608 e. The van der Waals surface area contributed by atoms with E-state index in [1.54, 1.807) is 0 Å². The van der Waals surface area contributed by atoms with Gasteiger partial charge in [-0.1, -0.05) is 32.9 Å². The zero-order valence-corrected chi connectivity index (χ0v) is 10.1. The SMILES string of the molecule is CC(C)(C)[C@@H]1C=C[C@H](CCCO)C(O)C1. The van der Waals surface area contributed by atoms with Crippen LogP contribution < -0.4 is 0 Å². The minimum absolute atomic E-state index is 0.222. The van der Waals surface area contributed by atoms with Gasteiger partial charge in [0.25, 0.3) is 0 Å². The van der Waals surface area contributed by atoms with Crippen molar-refractivity contribution in [1.82, 2.24) is 0 Å². The van der Waals surface area contributed by atoms with Crippen LogP contribution in [0.2, 0.25) is 0 Å². The van der Waals surface area contributed by atoms with E-state index >= 15 is 0 Å². The second-order valence-electron chi connectivity index (χ2n) is 5.69. The fourth-order valence-electron chi connectivity index (χ4n) is 2.18. The van der Waals surface area contributed by atoms with Crippen LogP contribution in [0.25, 0.3) is 0 Å². The molecule has 2 heteroatoms. The summed E-state index contributed by atoms with van der Waals surface area (Å²) < 4.78 is 0. The molecule has 2 nitrogen and oxygen atoms in total. The largest absolute Gasteiger partial charge is 0.396 e. The van der Waals surface area contributed by atoms with E-state index in [0.717, 1.165) is 19.3 Å². The average Bonchev–Trinajstić information content (AvgIpc) is 2.14. The van der Waals surface area contributed by atoms with Crippen LogP contribution in [0.1, 0.15) is 40.0 Å². The van der Waals surface area contributed by atoms with Crippen molar-refractivity contribution in [3.05, 3.63) is 12.2 Å². The minimum atomic E-state index is -0.231. The maximum Gasteiger partial charge on any atom is 0.0608 e. The number of aliphatic hydroxyl groups is 2. The Morgan fingerprint density at radius 2 is 1.93 bits per heavy atom. The first kappa shape index (κ1) is 12.7. The van der Waals surface area contributed by atoms with Gasteiger partial charge in [-0.2, -0.15) is 0 Å². The maximum atomic E-state index is 10.00. The van der Waals surface area contributed by atoms with Crippen molar-refractivity contribution in [3.63, 3.8) is 0 Å². The van der Waals surface area contributed by atoms with Crippen molar-refractivity contribution in [3.8, 4) is 0 Å². The summed E-state index contributed by atoms with van der Waals surface area (Å²) in [5, 5.41) is 18.8. The van der Waals surface area contributed by atoms with E-state index < -0.39 is 0 Å². The van der Waals surface area contributed by atoms with Crippen LogP contribution in [-0.2, 0) is 0 Å². The molecule has 3 atom stereocenters. The third-order valence-corrected chi connectivity index (χ3v) is 3.39. The monoisotopic (exact) mass is 212 g/mol. The van der Waals surface area contributed by atoms with Crippen molar-refractivity contribution in [1.29, 1.82) is 0 Å². The van der Waals surface area contributed by atoms with Gasteiger partial charge in [0.15, 0.2) is 0 Å². The molecule has 0 aromatic carbocycles. The molecule has 0 saturated carbocycles. The Bertz CT molecular complexity index is 215. The van der Waals surface area contributed by atoms with Gasteiger partial charge < -0.3 is 10.2 Å². The van der Waals surface area contributed by atoms with Crippen molar-refractivity contribution in [2.45, 2.75) is 46.1 Å². The molecule has 0 spiro atoms. The molecule has 0 bridgehead atoms. The van der Waals surface area contributed by atoms with Crippen LogP contribution in [0, 0.1) is 17.3 Å². The number of allylic oxidation sites excluding steroid dienone is 1. The highest BCUT2D eigenvalue weighted by Crippen LogP contribution is 2.36. The van der Waals surface area contributed by atoms with Crippen molar-refractivity contribution < 1.29 is 10.2 Å². The van der Waals surface area contributed by atoms with Crippen LogP contribution in [-0.4, -0.2) is 22.9 Å². The third kappa shape index (κ3) is 3.62. The van der Waals surface area contributed by atoms with E-state index in [4.69, 9.17) is 5.11 Å². The molecule has 0 fully saturated rings. The zero-order valence-electron chi connectivity index (χ0n) is 10.1. The van der Waals surface area contributed by atoms with E-state index in [-0.39, 0.29) is 24.0 Å². The molecule has 1 aliphatic rings. The standard InChI is InChI=1S/C13H24O2/c1-13(2,3)11-7-6-10(5-4-8-14)12(15)9-11/h6-7,10-12,14-15H,4-5,8-9H2,1-3H3/t10-,11+,12?/m0/s1. The van der Waals surface area contributed by atoms with E-state index in [1.807, 2.05) is 0 Å². The third-order valence-electron chi connectivity index (χ3n) is 3.39. The second kappa shape index (κ2) is 5.13. The Hall–Kier alpha value is -0.340. The first-order valence-electron chi connectivity index (χ1n) is 5.92. The van der Waals surface area contributed by atoms with Gasteiger partial charge in [-0.15, -0.1) is 0 Å². The molecule has 0 aromatic rings. The van der Waals surface area contributed by atoms with E-state index in [9.17, 15) is 5.11 Å². The van der Waals surface area contributed by atoms with Crippen LogP contribution in [0.4, 0.5) is 0 Å². The van der Waals surface area contributed by atoms with Gasteiger partial charge >= 0.3 is 0 Å². The van der Waals surface area contributed by atoms with Crippen molar-refractivity contribution >= 4 is 0 Å². The first-order valence-corrected chi connectivity index (χ1v) is 5.92. The van der Waals surface area contributed by atoms with E-state index in [0.29, 0.717) is 5.92 Å². The summed E-state index contributed by atoms with van der Waals surface area (Å²) in [6.07, 6.45) is 6.69. The molecular formula is C13H24O2. The fraction of sp³-hybridized carbons (Fsp3) is 0.846. The minimum Gasteiger partial charge on any atom is -0.396 e. The summed E-state index contributed by atoms with van der Waals surface area (Å²) in [5.41, 5.74) is 0.236. The highest BCUT2D eigenvalue weighted by Gasteiger charge is 2.30. The van der Waals surface area contributed by atoms with Crippen molar-refractivity contribution in [2.75, 3.05) is 6.61 Å². The number of aliphatic hydroxyl groups excluding tert-OH is 2. The summed E-state index contributed by atoms with van der Waals surface area (Å²) in [6.45, 7) is 6.86. The zero-order chi connectivity index (χ0) is 11.5. The molecule has 0 amide bonds. The first-order chi connectivity index (χ1) is 6.95. The summed E-state index contributed by atoms with van der Waals surface area (Å²) in [4.78, 5) is 0. The summed E-state index contributed by atoms with van der Waals surface area (Å²) in [6, 6.07) is 0. The molecular weight excluding hydrogens is 188 g/mol. The number of rotatable bonds is 3. The molecule has 1 rings (SSSR count). The van der Waals surface area contributed by atoms with Gasteiger partial charge in [0.1, 0.15) is 0 Å². The molecule has 0 heterocycles. The molecule has 2 N–H and O–H groups in total. The molecule has 15 heavy (non-hydrogen) atoms. The lowest BCUT2D eigenvalue weighted by atomic mass is 9.72. The van der Waals surface area contributed by atoms with Gasteiger partial charge in [-0.05, 0) is 30.6 Å². The average molecular weight is 212 g/mol. The molecule has 0 radical (unpaired) electrons. The van der Waals surface area contributed by atoms with Gasteiger partial charge in [0.2, 0.25) is 0 Å². The van der Waals surface area contributed by atoms with Crippen LogP contribution in [0.5, 0.6) is 0 Å². The van der Waals surface area contributed by atoms with Gasteiger partial charge in [-0.25, -0.2) is 0 Å². The van der Waals surface area contributed by atoms with Crippen LogP contribution in [0.15, 0.2) is 12.2 Å². The maximum absolute atomic E-state index is 10.00. The molecule has 88 valence electrons.